The standard InChI is InChI=1S/C15H18FN5O.CH2O2/c16-10-1-3-12(4-2-10)21-7-5-11(6-8-21)18-15(22)13-9-14(17)20-19-13;2-1-3/h1-4,9,11H,5-8H2,(H,18,22)(H3,17,19,20);1H,(H,2,3). The quantitative estimate of drug-likeness (QED) is 0.618. The first-order chi connectivity index (χ1) is 12.0. The molecule has 0 atom stereocenters. The Morgan fingerprint density at radius 2 is 1.96 bits per heavy atom. The number of hydrogen-bond acceptors (Lipinski definition) is 5. The Morgan fingerprint density at radius 3 is 2.48 bits per heavy atom. The van der Waals surface area contributed by atoms with Crippen LogP contribution in [0.5, 0.6) is 0 Å². The summed E-state index contributed by atoms with van der Waals surface area (Å²) in [6.45, 7) is 1.39. The maximum absolute atomic E-state index is 12.9. The molecule has 5 N–H and O–H groups in total. The molecule has 134 valence electrons. The third kappa shape index (κ3) is 5.20. The molecule has 1 aromatic heterocycles. The van der Waals surface area contributed by atoms with E-state index in [0.717, 1.165) is 31.6 Å². The van der Waals surface area contributed by atoms with Crippen LogP contribution < -0.4 is 16.0 Å². The van der Waals surface area contributed by atoms with Crippen molar-refractivity contribution in [3.05, 3.63) is 41.8 Å². The van der Waals surface area contributed by atoms with E-state index in [4.69, 9.17) is 15.6 Å². The Morgan fingerprint density at radius 1 is 1.36 bits per heavy atom. The molecule has 0 radical (unpaired) electrons. The lowest BCUT2D eigenvalue weighted by atomic mass is 10.0. The number of amides is 1. The van der Waals surface area contributed by atoms with E-state index in [9.17, 15) is 9.18 Å². The van der Waals surface area contributed by atoms with Gasteiger partial charge in [-0.2, -0.15) is 5.10 Å². The van der Waals surface area contributed by atoms with Crippen LogP contribution in [-0.4, -0.2) is 46.8 Å². The number of rotatable bonds is 3. The van der Waals surface area contributed by atoms with Gasteiger partial charge in [0, 0.05) is 30.9 Å². The number of nitrogen functional groups attached to an aromatic ring is 1. The lowest BCUT2D eigenvalue weighted by molar-refractivity contribution is -0.122. The van der Waals surface area contributed by atoms with Crippen molar-refractivity contribution in [2.24, 2.45) is 0 Å². The molecule has 0 spiro atoms. The zero-order valence-electron chi connectivity index (χ0n) is 13.5. The first-order valence-corrected chi connectivity index (χ1v) is 7.73. The van der Waals surface area contributed by atoms with E-state index >= 15 is 0 Å². The molecular formula is C16H20FN5O3. The number of hydrogen-bond donors (Lipinski definition) is 4. The molecule has 0 saturated carbocycles. The Kier molecular flexibility index (Phi) is 6.33. The van der Waals surface area contributed by atoms with E-state index in [1.807, 2.05) is 0 Å². The van der Waals surface area contributed by atoms with Crippen LogP contribution in [0.25, 0.3) is 0 Å². The van der Waals surface area contributed by atoms with Gasteiger partial charge in [0.05, 0.1) is 0 Å². The number of benzene rings is 1. The largest absolute Gasteiger partial charge is 0.483 e. The lowest BCUT2D eigenvalue weighted by Gasteiger charge is -2.33. The molecule has 1 amide bonds. The first kappa shape index (κ1) is 18.2. The minimum Gasteiger partial charge on any atom is -0.483 e. The van der Waals surface area contributed by atoms with Gasteiger partial charge in [0.15, 0.2) is 0 Å². The summed E-state index contributed by atoms with van der Waals surface area (Å²) in [5.74, 6) is -0.120. The fourth-order valence-electron chi connectivity index (χ4n) is 2.65. The lowest BCUT2D eigenvalue weighted by Crippen LogP contribution is -2.44. The van der Waals surface area contributed by atoms with Gasteiger partial charge in [-0.25, -0.2) is 4.39 Å². The number of carbonyl (C=O) groups is 2. The van der Waals surface area contributed by atoms with Gasteiger partial charge in [-0.3, -0.25) is 14.7 Å². The Bertz CT molecular complexity index is 696. The number of piperidine rings is 1. The second-order valence-electron chi connectivity index (χ2n) is 5.52. The van der Waals surface area contributed by atoms with Gasteiger partial charge in [0.1, 0.15) is 17.3 Å². The van der Waals surface area contributed by atoms with Crippen molar-refractivity contribution in [3.63, 3.8) is 0 Å². The number of anilines is 2. The van der Waals surface area contributed by atoms with Crippen LogP contribution in [-0.2, 0) is 4.79 Å². The highest BCUT2D eigenvalue weighted by Gasteiger charge is 2.22. The number of carbonyl (C=O) groups excluding carboxylic acids is 1. The molecule has 0 bridgehead atoms. The molecular weight excluding hydrogens is 329 g/mol. The van der Waals surface area contributed by atoms with Gasteiger partial charge in [-0.05, 0) is 37.1 Å². The predicted octanol–water partition coefficient (Wildman–Crippen LogP) is 1.23. The van der Waals surface area contributed by atoms with Crippen molar-refractivity contribution in [1.29, 1.82) is 0 Å². The van der Waals surface area contributed by atoms with Gasteiger partial charge < -0.3 is 21.1 Å². The highest BCUT2D eigenvalue weighted by Crippen LogP contribution is 2.20. The molecule has 2 aromatic rings. The van der Waals surface area contributed by atoms with E-state index in [2.05, 4.69) is 20.4 Å². The molecule has 9 heteroatoms. The minimum atomic E-state index is -0.250. The summed E-state index contributed by atoms with van der Waals surface area (Å²) >= 11 is 0. The van der Waals surface area contributed by atoms with Crippen LogP contribution in [0.4, 0.5) is 15.9 Å². The summed E-state index contributed by atoms with van der Waals surface area (Å²) in [5, 5.41) is 16.2. The smallest absolute Gasteiger partial charge is 0.290 e. The van der Waals surface area contributed by atoms with E-state index in [1.165, 1.54) is 18.2 Å². The summed E-state index contributed by atoms with van der Waals surface area (Å²) in [6.07, 6.45) is 1.68. The van der Waals surface area contributed by atoms with Crippen molar-refractivity contribution in [1.82, 2.24) is 15.5 Å². The van der Waals surface area contributed by atoms with Gasteiger partial charge in [-0.1, -0.05) is 0 Å². The van der Waals surface area contributed by atoms with Crippen molar-refractivity contribution in [3.8, 4) is 0 Å². The molecule has 0 unspecified atom stereocenters. The number of carboxylic acid groups (broad SMARTS) is 1. The molecule has 1 fully saturated rings. The van der Waals surface area contributed by atoms with E-state index in [1.54, 1.807) is 12.1 Å². The zero-order chi connectivity index (χ0) is 18.2. The van der Waals surface area contributed by atoms with E-state index in [0.29, 0.717) is 11.5 Å². The fourth-order valence-corrected chi connectivity index (χ4v) is 2.65. The van der Waals surface area contributed by atoms with Crippen LogP contribution in [0.15, 0.2) is 30.3 Å². The maximum Gasteiger partial charge on any atom is 0.290 e. The number of aromatic amines is 1. The Balaban J connectivity index is 0.000000701. The molecule has 1 aliphatic heterocycles. The number of nitrogens with two attached hydrogens (primary N) is 1. The summed E-state index contributed by atoms with van der Waals surface area (Å²) in [4.78, 5) is 22.6. The van der Waals surface area contributed by atoms with Crippen LogP contribution in [0.2, 0.25) is 0 Å². The third-order valence-electron chi connectivity index (χ3n) is 3.86. The average Bonchev–Trinajstić information content (AvgIpc) is 3.04. The summed E-state index contributed by atoms with van der Waals surface area (Å²) < 4.78 is 12.9. The average molecular weight is 349 g/mol. The van der Waals surface area contributed by atoms with Gasteiger partial charge in [-0.15, -0.1) is 0 Å². The normalized spacial score (nSPS) is 14.4. The zero-order valence-corrected chi connectivity index (χ0v) is 13.5. The van der Waals surface area contributed by atoms with E-state index in [-0.39, 0.29) is 24.2 Å². The molecule has 2 heterocycles. The minimum absolute atomic E-state index is 0.119. The fraction of sp³-hybridized carbons (Fsp3) is 0.312. The van der Waals surface area contributed by atoms with E-state index < -0.39 is 0 Å². The maximum atomic E-state index is 12.9. The molecule has 1 saturated heterocycles. The van der Waals surface area contributed by atoms with Gasteiger partial charge >= 0.3 is 0 Å². The monoisotopic (exact) mass is 349 g/mol. The molecule has 3 rings (SSSR count). The third-order valence-corrected chi connectivity index (χ3v) is 3.86. The van der Waals surface area contributed by atoms with Crippen molar-refractivity contribution in [2.75, 3.05) is 23.7 Å². The van der Waals surface area contributed by atoms with Crippen molar-refractivity contribution < 1.29 is 19.1 Å². The van der Waals surface area contributed by atoms with Gasteiger partial charge in [0.2, 0.25) is 0 Å². The Hall–Kier alpha value is -3.10. The highest BCUT2D eigenvalue weighted by molar-refractivity contribution is 5.93. The number of aromatic nitrogens is 2. The van der Waals surface area contributed by atoms with Crippen LogP contribution in [0.1, 0.15) is 23.3 Å². The first-order valence-electron chi connectivity index (χ1n) is 7.73. The van der Waals surface area contributed by atoms with Crippen LogP contribution in [0.3, 0.4) is 0 Å². The Labute approximate surface area is 143 Å². The molecule has 1 aromatic carbocycles. The number of nitrogens with one attached hydrogen (secondary N) is 2. The molecule has 8 nitrogen and oxygen atoms in total. The van der Waals surface area contributed by atoms with Crippen molar-refractivity contribution in [2.45, 2.75) is 18.9 Å². The SMILES string of the molecule is Nc1cc(C(=O)NC2CCN(c3ccc(F)cc3)CC2)[nH]n1.O=CO. The molecule has 1 aliphatic rings. The highest BCUT2D eigenvalue weighted by atomic mass is 19.1. The van der Waals surface area contributed by atoms with Crippen LogP contribution >= 0.6 is 0 Å². The predicted molar refractivity (Wildman–Crippen MR) is 90.8 cm³/mol. The summed E-state index contributed by atoms with van der Waals surface area (Å²) in [5.41, 5.74) is 6.87. The number of halogens is 1. The molecule has 25 heavy (non-hydrogen) atoms. The van der Waals surface area contributed by atoms with Crippen molar-refractivity contribution >= 4 is 23.9 Å². The van der Waals surface area contributed by atoms with Gasteiger partial charge in [0.25, 0.3) is 12.4 Å². The topological polar surface area (TPSA) is 124 Å². The number of nitrogens with zero attached hydrogens (tertiary/aromatic N) is 2. The van der Waals surface area contributed by atoms with Crippen LogP contribution in [0, 0.1) is 5.82 Å². The second kappa shape index (κ2) is 8.67. The second-order valence-corrected chi connectivity index (χ2v) is 5.52. The summed E-state index contributed by atoms with van der Waals surface area (Å²) in [7, 11) is 0. The summed E-state index contributed by atoms with van der Waals surface area (Å²) in [6, 6.07) is 8.12. The molecule has 0 aliphatic carbocycles. The number of H-pyrrole nitrogens is 1.